The van der Waals surface area contributed by atoms with E-state index in [2.05, 4.69) is 20.7 Å². The van der Waals surface area contributed by atoms with Crippen LogP contribution in [0.3, 0.4) is 0 Å². The van der Waals surface area contributed by atoms with Crippen LogP contribution < -0.4 is 4.72 Å². The maximum Gasteiger partial charge on any atom is 0.136 e. The third-order valence-electron chi connectivity index (χ3n) is 2.89. The van der Waals surface area contributed by atoms with Crippen LogP contribution in [0, 0.1) is 5.82 Å². The molecule has 0 saturated heterocycles. The van der Waals surface area contributed by atoms with E-state index in [0.717, 1.165) is 0 Å². The first kappa shape index (κ1) is 17.6. The molecule has 0 bridgehead atoms. The minimum atomic E-state index is -1.41. The predicted molar refractivity (Wildman–Crippen MR) is 83.2 cm³/mol. The minimum absolute atomic E-state index is 0.0300. The number of carbonyl (C=O) groups is 1. The van der Waals surface area contributed by atoms with Crippen LogP contribution in [0.1, 0.15) is 39.7 Å². The van der Waals surface area contributed by atoms with Crippen molar-refractivity contribution in [2.75, 3.05) is 0 Å². The number of rotatable bonds is 5. The molecule has 0 unspecified atom stereocenters. The largest absolute Gasteiger partial charge is 0.598 e. The van der Waals surface area contributed by atoms with Gasteiger partial charge >= 0.3 is 0 Å². The Morgan fingerprint density at radius 2 is 2.00 bits per heavy atom. The lowest BCUT2D eigenvalue weighted by Gasteiger charge is -2.34. The van der Waals surface area contributed by atoms with E-state index in [0.29, 0.717) is 16.3 Å². The summed E-state index contributed by atoms with van der Waals surface area (Å²) in [6.45, 7) is 7.12. The number of nitrogens with one attached hydrogen (secondary N) is 1. The third-order valence-corrected chi connectivity index (χ3v) is 5.13. The molecule has 6 heteroatoms. The highest BCUT2D eigenvalue weighted by atomic mass is 79.9. The fraction of sp³-hybridized carbons (Fsp3) is 0.500. The van der Waals surface area contributed by atoms with Gasteiger partial charge < -0.3 is 9.35 Å². The number of halogens is 2. The van der Waals surface area contributed by atoms with Crippen LogP contribution >= 0.6 is 15.9 Å². The van der Waals surface area contributed by atoms with E-state index >= 15 is 0 Å². The molecule has 1 aromatic carbocycles. The normalized spacial score (nSPS) is 16.6. The van der Waals surface area contributed by atoms with Crippen LogP contribution in [0.4, 0.5) is 4.39 Å². The standard InChI is InChI=1S/C14H19BrFNO2S/c1-13(2,3)20(19)17-14(4,7-8-18)11-9-10(15)5-6-12(11)16/h5-6,8-9,17H,7H2,1-4H3/t14-,20+/m0/s1. The highest BCUT2D eigenvalue weighted by Crippen LogP contribution is 2.31. The van der Waals surface area contributed by atoms with Crippen molar-refractivity contribution < 1.29 is 13.7 Å². The monoisotopic (exact) mass is 363 g/mol. The second-order valence-electron chi connectivity index (χ2n) is 5.81. The zero-order valence-corrected chi connectivity index (χ0v) is 14.4. The zero-order valence-electron chi connectivity index (χ0n) is 12.0. The van der Waals surface area contributed by atoms with E-state index in [1.807, 2.05) is 20.8 Å². The van der Waals surface area contributed by atoms with Crippen LogP contribution in [0.15, 0.2) is 22.7 Å². The average Bonchev–Trinajstić information content (AvgIpc) is 2.31. The van der Waals surface area contributed by atoms with E-state index in [1.54, 1.807) is 19.1 Å². The Morgan fingerprint density at radius 1 is 1.40 bits per heavy atom. The fourth-order valence-electron chi connectivity index (χ4n) is 1.65. The van der Waals surface area contributed by atoms with Gasteiger partial charge in [0.25, 0.3) is 0 Å². The molecule has 0 aromatic heterocycles. The molecule has 0 aliphatic rings. The molecule has 0 saturated carbocycles. The molecule has 0 amide bonds. The van der Waals surface area contributed by atoms with Gasteiger partial charge in [0.2, 0.25) is 0 Å². The van der Waals surface area contributed by atoms with Gasteiger partial charge in [0.05, 0.1) is 5.54 Å². The summed E-state index contributed by atoms with van der Waals surface area (Å²) in [6, 6.07) is 4.51. The molecule has 1 rings (SSSR count). The van der Waals surface area contributed by atoms with Gasteiger partial charge in [-0.25, -0.2) is 4.39 Å². The van der Waals surface area contributed by atoms with E-state index in [4.69, 9.17) is 0 Å². The SMILES string of the molecule is CC(C)(C)[S@@+]([O-])N[C@@](C)(CC=O)c1cc(Br)ccc1F. The molecule has 1 aromatic rings. The number of aldehydes is 1. The lowest BCUT2D eigenvalue weighted by atomic mass is 9.90. The quantitative estimate of drug-likeness (QED) is 0.643. The van der Waals surface area contributed by atoms with Crippen molar-refractivity contribution in [3.8, 4) is 0 Å². The Balaban J connectivity index is 3.20. The molecule has 0 aliphatic heterocycles. The number of benzene rings is 1. The van der Waals surface area contributed by atoms with Crippen molar-refractivity contribution in [3.63, 3.8) is 0 Å². The lowest BCUT2D eigenvalue weighted by Crippen LogP contribution is -2.50. The second kappa shape index (κ2) is 6.56. The molecule has 0 spiro atoms. The van der Waals surface area contributed by atoms with Gasteiger partial charge in [-0.15, -0.1) is 4.72 Å². The molecule has 0 radical (unpaired) electrons. The predicted octanol–water partition coefficient (Wildman–Crippen LogP) is 3.44. The first-order valence-electron chi connectivity index (χ1n) is 6.19. The van der Waals surface area contributed by atoms with Crippen molar-refractivity contribution in [1.29, 1.82) is 0 Å². The first-order chi connectivity index (χ1) is 9.10. The topological polar surface area (TPSA) is 52.2 Å². The third kappa shape index (κ3) is 4.28. The second-order valence-corrected chi connectivity index (χ2v) is 8.69. The minimum Gasteiger partial charge on any atom is -0.598 e. The Kier molecular flexibility index (Phi) is 5.78. The molecular formula is C14H19BrFNO2S. The maximum absolute atomic E-state index is 14.1. The number of hydrogen-bond acceptors (Lipinski definition) is 3. The van der Waals surface area contributed by atoms with E-state index in [9.17, 15) is 13.7 Å². The van der Waals surface area contributed by atoms with E-state index < -0.39 is 27.5 Å². The van der Waals surface area contributed by atoms with Gasteiger partial charge in [-0.3, -0.25) is 0 Å². The first-order valence-corrected chi connectivity index (χ1v) is 8.13. The Morgan fingerprint density at radius 3 is 2.50 bits per heavy atom. The molecular weight excluding hydrogens is 345 g/mol. The lowest BCUT2D eigenvalue weighted by molar-refractivity contribution is -0.108. The summed E-state index contributed by atoms with van der Waals surface area (Å²) >= 11 is 1.87. The van der Waals surface area contributed by atoms with Gasteiger partial charge in [-0.05, 0) is 45.9 Å². The average molecular weight is 364 g/mol. The molecule has 20 heavy (non-hydrogen) atoms. The van der Waals surface area contributed by atoms with Gasteiger partial charge in [-0.1, -0.05) is 15.9 Å². The van der Waals surface area contributed by atoms with Crippen molar-refractivity contribution in [2.45, 2.75) is 44.4 Å². The smallest absolute Gasteiger partial charge is 0.136 e. The van der Waals surface area contributed by atoms with Crippen molar-refractivity contribution in [2.24, 2.45) is 0 Å². The van der Waals surface area contributed by atoms with Crippen molar-refractivity contribution in [1.82, 2.24) is 4.72 Å². The Bertz CT molecular complexity index is 493. The fourth-order valence-corrected chi connectivity index (χ4v) is 2.92. The van der Waals surface area contributed by atoms with Gasteiger partial charge in [0.15, 0.2) is 0 Å². The van der Waals surface area contributed by atoms with Crippen molar-refractivity contribution >= 4 is 33.6 Å². The summed E-state index contributed by atoms with van der Waals surface area (Å²) in [7, 11) is 0. The molecule has 3 nitrogen and oxygen atoms in total. The number of hydrogen-bond donors (Lipinski definition) is 1. The highest BCUT2D eigenvalue weighted by Gasteiger charge is 2.38. The summed E-state index contributed by atoms with van der Waals surface area (Å²) in [6.07, 6.45) is 0.732. The van der Waals surface area contributed by atoms with Crippen LogP contribution in [0.25, 0.3) is 0 Å². The Hall–Kier alpha value is -0.430. The van der Waals surface area contributed by atoms with Crippen LogP contribution in [-0.2, 0) is 21.7 Å². The molecule has 0 fully saturated rings. The molecule has 112 valence electrons. The summed E-state index contributed by atoms with van der Waals surface area (Å²) in [4.78, 5) is 10.9. The van der Waals surface area contributed by atoms with Gasteiger partial charge in [0.1, 0.15) is 16.9 Å². The molecule has 1 N–H and O–H groups in total. The molecule has 0 heterocycles. The van der Waals surface area contributed by atoms with Gasteiger partial charge in [-0.2, -0.15) is 0 Å². The van der Waals surface area contributed by atoms with Crippen LogP contribution in [0.5, 0.6) is 0 Å². The Labute approximate surface area is 130 Å². The maximum atomic E-state index is 14.1. The van der Waals surface area contributed by atoms with E-state index in [-0.39, 0.29) is 6.42 Å². The van der Waals surface area contributed by atoms with Gasteiger partial charge in [0, 0.05) is 27.8 Å². The summed E-state index contributed by atoms with van der Waals surface area (Å²) in [5.74, 6) is -0.434. The summed E-state index contributed by atoms with van der Waals surface area (Å²) < 4.78 is 29.4. The summed E-state index contributed by atoms with van der Waals surface area (Å²) in [5, 5.41) is 0. The van der Waals surface area contributed by atoms with E-state index in [1.165, 1.54) is 6.07 Å². The van der Waals surface area contributed by atoms with Crippen molar-refractivity contribution in [3.05, 3.63) is 34.1 Å². The number of carbonyl (C=O) groups excluding carboxylic acids is 1. The van der Waals surface area contributed by atoms with Crippen LogP contribution in [-0.4, -0.2) is 15.6 Å². The molecule has 2 atom stereocenters. The zero-order chi connectivity index (χ0) is 15.6. The summed E-state index contributed by atoms with van der Waals surface area (Å²) in [5.41, 5.74) is -0.704. The highest BCUT2D eigenvalue weighted by molar-refractivity contribution is 9.10. The van der Waals surface area contributed by atoms with Crippen LogP contribution in [0.2, 0.25) is 0 Å². The molecule has 0 aliphatic carbocycles.